The molecular weight excluding hydrogens is 266 g/mol. The van der Waals surface area contributed by atoms with Crippen LogP contribution in [0.3, 0.4) is 0 Å². The van der Waals surface area contributed by atoms with Crippen LogP contribution in [-0.2, 0) is 6.42 Å². The van der Waals surface area contributed by atoms with Crippen LogP contribution in [-0.4, -0.2) is 16.2 Å². The minimum atomic E-state index is 0.365. The summed E-state index contributed by atoms with van der Waals surface area (Å²) in [6.45, 7) is 11.5. The summed E-state index contributed by atoms with van der Waals surface area (Å²) in [4.78, 5) is 0. The lowest BCUT2D eigenvalue weighted by atomic mass is 9.69. The summed E-state index contributed by atoms with van der Waals surface area (Å²) < 4.78 is 0. The maximum absolute atomic E-state index is 4.34. The van der Waals surface area contributed by atoms with Crippen molar-refractivity contribution in [3.63, 3.8) is 0 Å². The average molecular weight is 295 g/mol. The van der Waals surface area contributed by atoms with Crippen LogP contribution < -0.4 is 5.32 Å². The fraction of sp³-hybridized carbons (Fsp3) is 0.875. The second kappa shape index (κ2) is 6.42. The van der Waals surface area contributed by atoms with Gasteiger partial charge in [-0.15, -0.1) is 10.2 Å². The molecule has 1 aliphatic carbocycles. The molecule has 1 aliphatic rings. The van der Waals surface area contributed by atoms with Crippen LogP contribution in [0.2, 0.25) is 0 Å². The first-order valence-corrected chi connectivity index (χ1v) is 8.77. The highest BCUT2D eigenvalue weighted by molar-refractivity contribution is 7.15. The first kappa shape index (κ1) is 15.7. The molecule has 1 N–H and O–H groups in total. The molecule has 1 aromatic heterocycles. The zero-order chi connectivity index (χ0) is 14.8. The van der Waals surface area contributed by atoms with Crippen molar-refractivity contribution in [1.82, 2.24) is 10.2 Å². The third-order valence-electron chi connectivity index (χ3n) is 4.24. The lowest BCUT2D eigenvalue weighted by Crippen LogP contribution is -2.39. The highest BCUT2D eigenvalue weighted by atomic mass is 32.1. The molecule has 0 amide bonds. The first-order valence-electron chi connectivity index (χ1n) is 7.95. The lowest BCUT2D eigenvalue weighted by molar-refractivity contribution is 0.163. The van der Waals surface area contributed by atoms with Gasteiger partial charge in [0.1, 0.15) is 5.01 Å². The van der Waals surface area contributed by atoms with Crippen LogP contribution in [0, 0.1) is 17.3 Å². The molecule has 0 bridgehead atoms. The summed E-state index contributed by atoms with van der Waals surface area (Å²) in [5.74, 6) is 1.38. The smallest absolute Gasteiger partial charge is 0.205 e. The van der Waals surface area contributed by atoms with E-state index in [4.69, 9.17) is 0 Å². The SMILES string of the molecule is CC(C)Cc1nnc(NC2CCCCC2C(C)(C)C)s1. The van der Waals surface area contributed by atoms with Crippen LogP contribution >= 0.6 is 11.3 Å². The number of hydrogen-bond donors (Lipinski definition) is 1. The van der Waals surface area contributed by atoms with Crippen molar-refractivity contribution < 1.29 is 0 Å². The Kier molecular flexibility index (Phi) is 5.05. The van der Waals surface area contributed by atoms with Gasteiger partial charge >= 0.3 is 0 Å². The Balaban J connectivity index is 2.01. The molecule has 114 valence electrons. The Labute approximate surface area is 127 Å². The van der Waals surface area contributed by atoms with E-state index in [0.29, 0.717) is 17.4 Å². The molecular formula is C16H29N3S. The van der Waals surface area contributed by atoms with Crippen molar-refractivity contribution in [1.29, 1.82) is 0 Å². The van der Waals surface area contributed by atoms with Gasteiger partial charge in [-0.3, -0.25) is 0 Å². The quantitative estimate of drug-likeness (QED) is 0.870. The summed E-state index contributed by atoms with van der Waals surface area (Å²) in [5.41, 5.74) is 0.365. The number of anilines is 1. The first-order chi connectivity index (χ1) is 9.36. The number of nitrogens with one attached hydrogen (secondary N) is 1. The summed E-state index contributed by atoms with van der Waals surface area (Å²) in [5, 5.41) is 14.5. The van der Waals surface area contributed by atoms with E-state index < -0.39 is 0 Å². The molecule has 1 aromatic rings. The molecule has 1 heterocycles. The van der Waals surface area contributed by atoms with Gasteiger partial charge in [0.25, 0.3) is 0 Å². The van der Waals surface area contributed by atoms with E-state index in [1.165, 1.54) is 25.7 Å². The largest absolute Gasteiger partial charge is 0.357 e. The third kappa shape index (κ3) is 4.18. The van der Waals surface area contributed by atoms with Crippen LogP contribution in [0.1, 0.15) is 65.3 Å². The monoisotopic (exact) mass is 295 g/mol. The molecule has 3 nitrogen and oxygen atoms in total. The number of aromatic nitrogens is 2. The summed E-state index contributed by atoms with van der Waals surface area (Å²) >= 11 is 1.73. The topological polar surface area (TPSA) is 37.8 Å². The number of hydrogen-bond acceptors (Lipinski definition) is 4. The van der Waals surface area contributed by atoms with Crippen LogP contribution in [0.15, 0.2) is 0 Å². The van der Waals surface area contributed by atoms with Crippen LogP contribution in [0.4, 0.5) is 5.13 Å². The maximum atomic E-state index is 4.34. The minimum absolute atomic E-state index is 0.365. The van der Waals surface area contributed by atoms with Gasteiger partial charge in [-0.05, 0) is 30.1 Å². The zero-order valence-electron chi connectivity index (χ0n) is 13.6. The van der Waals surface area contributed by atoms with Gasteiger partial charge in [0.2, 0.25) is 5.13 Å². The van der Waals surface area contributed by atoms with Gasteiger partial charge < -0.3 is 5.32 Å². The molecule has 1 saturated carbocycles. The second-order valence-corrected chi connectivity index (χ2v) is 8.67. The molecule has 0 aliphatic heterocycles. The average Bonchev–Trinajstić information content (AvgIpc) is 2.75. The van der Waals surface area contributed by atoms with Crippen molar-refractivity contribution in [2.24, 2.45) is 17.3 Å². The molecule has 2 unspecified atom stereocenters. The summed E-state index contributed by atoms with van der Waals surface area (Å²) in [6.07, 6.45) is 6.34. The Morgan fingerprint density at radius 3 is 2.55 bits per heavy atom. The molecule has 0 aromatic carbocycles. The van der Waals surface area contributed by atoms with Gasteiger partial charge in [-0.25, -0.2) is 0 Å². The minimum Gasteiger partial charge on any atom is -0.357 e. The van der Waals surface area contributed by atoms with E-state index in [0.717, 1.165) is 22.5 Å². The highest BCUT2D eigenvalue weighted by Gasteiger charge is 2.34. The standard InChI is InChI=1S/C16H29N3S/c1-11(2)10-14-18-19-15(20-14)17-13-9-7-6-8-12(13)16(3,4)5/h11-13H,6-10H2,1-5H3,(H,17,19). The van der Waals surface area contributed by atoms with E-state index in [1.54, 1.807) is 11.3 Å². The fourth-order valence-corrected chi connectivity index (χ4v) is 4.26. The highest BCUT2D eigenvalue weighted by Crippen LogP contribution is 2.39. The Hall–Kier alpha value is -0.640. The van der Waals surface area contributed by atoms with Crippen molar-refractivity contribution >= 4 is 16.5 Å². The van der Waals surface area contributed by atoms with Gasteiger partial charge in [0, 0.05) is 12.5 Å². The van der Waals surface area contributed by atoms with Crippen LogP contribution in [0.25, 0.3) is 0 Å². The second-order valence-electron chi connectivity index (χ2n) is 7.61. The number of nitrogens with zero attached hydrogens (tertiary/aromatic N) is 2. The van der Waals surface area contributed by atoms with Gasteiger partial charge in [-0.2, -0.15) is 0 Å². The maximum Gasteiger partial charge on any atom is 0.205 e. The Morgan fingerprint density at radius 1 is 1.20 bits per heavy atom. The normalized spacial score (nSPS) is 24.1. The Morgan fingerprint density at radius 2 is 1.90 bits per heavy atom. The molecule has 4 heteroatoms. The fourth-order valence-electron chi connectivity index (χ4n) is 3.24. The Bertz CT molecular complexity index is 420. The molecule has 0 spiro atoms. The molecule has 1 fully saturated rings. The van der Waals surface area contributed by atoms with Crippen LogP contribution in [0.5, 0.6) is 0 Å². The van der Waals surface area contributed by atoms with Crippen molar-refractivity contribution in [2.75, 3.05) is 5.32 Å². The molecule has 2 atom stereocenters. The number of rotatable bonds is 4. The summed E-state index contributed by atoms with van der Waals surface area (Å²) in [6, 6.07) is 0.559. The zero-order valence-corrected chi connectivity index (χ0v) is 14.4. The van der Waals surface area contributed by atoms with E-state index in [9.17, 15) is 0 Å². The summed E-state index contributed by atoms with van der Waals surface area (Å²) in [7, 11) is 0. The predicted octanol–water partition coefficient (Wildman–Crippen LogP) is 4.75. The van der Waals surface area contributed by atoms with E-state index in [-0.39, 0.29) is 0 Å². The van der Waals surface area contributed by atoms with Crippen molar-refractivity contribution in [2.45, 2.75) is 72.8 Å². The van der Waals surface area contributed by atoms with Gasteiger partial charge in [0.15, 0.2) is 0 Å². The van der Waals surface area contributed by atoms with E-state index in [2.05, 4.69) is 50.1 Å². The van der Waals surface area contributed by atoms with Gasteiger partial charge in [-0.1, -0.05) is 58.8 Å². The van der Waals surface area contributed by atoms with Crippen molar-refractivity contribution in [3.8, 4) is 0 Å². The molecule has 20 heavy (non-hydrogen) atoms. The molecule has 2 rings (SSSR count). The lowest BCUT2D eigenvalue weighted by Gasteiger charge is -2.40. The van der Waals surface area contributed by atoms with E-state index >= 15 is 0 Å². The van der Waals surface area contributed by atoms with E-state index in [1.807, 2.05) is 0 Å². The molecule has 0 radical (unpaired) electrons. The van der Waals surface area contributed by atoms with Crippen molar-refractivity contribution in [3.05, 3.63) is 5.01 Å². The third-order valence-corrected chi connectivity index (χ3v) is 5.11. The molecule has 0 saturated heterocycles. The predicted molar refractivity (Wildman–Crippen MR) is 87.3 cm³/mol. The van der Waals surface area contributed by atoms with Gasteiger partial charge in [0.05, 0.1) is 0 Å².